The van der Waals surface area contributed by atoms with E-state index < -0.39 is 68.0 Å². The third-order valence-electron chi connectivity index (χ3n) is 4.33. The van der Waals surface area contributed by atoms with Gasteiger partial charge in [-0.3, -0.25) is 0 Å². The van der Waals surface area contributed by atoms with E-state index in [-0.39, 0.29) is 12.4 Å². The molecule has 0 aromatic carbocycles. The van der Waals surface area contributed by atoms with Crippen LogP contribution in [-0.4, -0.2) is 117 Å². The Labute approximate surface area is 161 Å². The molecule has 0 aromatic heterocycles. The van der Waals surface area contributed by atoms with Crippen LogP contribution in [0.4, 0.5) is 0 Å². The average Bonchev–Trinajstić information content (AvgIpc) is 2.64. The van der Waals surface area contributed by atoms with Crippen molar-refractivity contribution in [2.24, 2.45) is 0 Å². The molecule has 154 valence electrons. The summed E-state index contributed by atoms with van der Waals surface area (Å²) in [6.07, 6.45) is -13.5. The summed E-state index contributed by atoms with van der Waals surface area (Å²) in [6.45, 7) is -0.418. The van der Waals surface area contributed by atoms with Gasteiger partial charge in [0.2, 0.25) is 0 Å². The smallest absolute Gasteiger partial charge is 0.187 e. The van der Waals surface area contributed by atoms with E-state index >= 15 is 0 Å². The number of aliphatic hydroxyl groups excluding tert-OH is 6. The molecule has 2 aliphatic heterocycles. The van der Waals surface area contributed by atoms with Crippen molar-refractivity contribution in [3.63, 3.8) is 0 Å². The number of thiol groups is 2. The van der Waals surface area contributed by atoms with Gasteiger partial charge in [-0.05, 0) is 0 Å². The minimum atomic E-state index is -1.62. The van der Waals surface area contributed by atoms with Crippen molar-refractivity contribution < 1.29 is 49.6 Å². The van der Waals surface area contributed by atoms with Crippen LogP contribution >= 0.6 is 25.3 Å². The molecule has 0 spiro atoms. The van der Waals surface area contributed by atoms with Gasteiger partial charge in [0.05, 0.1) is 19.3 Å². The third kappa shape index (κ3) is 4.82. The quantitative estimate of drug-likeness (QED) is 0.195. The fraction of sp³-hybridized carbons (Fsp3) is 1.00. The van der Waals surface area contributed by atoms with Gasteiger partial charge in [0.15, 0.2) is 12.6 Å². The molecule has 2 rings (SSSR count). The topological polar surface area (TPSA) is 158 Å². The Morgan fingerprint density at radius 3 is 1.96 bits per heavy atom. The summed E-state index contributed by atoms with van der Waals surface area (Å²) < 4.78 is 21.5. The number of hydrogen-bond donors (Lipinski definition) is 8. The molecule has 2 saturated heterocycles. The first-order chi connectivity index (χ1) is 12.3. The molecule has 2 heterocycles. The van der Waals surface area contributed by atoms with Crippen molar-refractivity contribution in [1.82, 2.24) is 0 Å². The van der Waals surface area contributed by atoms with E-state index in [4.69, 9.17) is 18.9 Å². The average molecular weight is 418 g/mol. The maximum atomic E-state index is 10.3. The summed E-state index contributed by atoms with van der Waals surface area (Å²) in [5.74, 6) is 0.403. The van der Waals surface area contributed by atoms with Gasteiger partial charge in [0.25, 0.3) is 0 Å². The molecular weight excluding hydrogens is 392 g/mol. The van der Waals surface area contributed by atoms with Gasteiger partial charge in [-0.15, -0.1) is 0 Å². The van der Waals surface area contributed by atoms with Crippen LogP contribution in [-0.2, 0) is 18.9 Å². The highest BCUT2D eigenvalue weighted by Gasteiger charge is 2.50. The predicted octanol–water partition coefficient (Wildman–Crippen LogP) is -3.51. The fourth-order valence-electron chi connectivity index (χ4n) is 2.86. The van der Waals surface area contributed by atoms with Crippen LogP contribution < -0.4 is 0 Å². The Bertz CT molecular complexity index is 429. The molecule has 2 fully saturated rings. The first kappa shape index (κ1) is 22.6. The second-order valence-electron chi connectivity index (χ2n) is 6.10. The molecule has 0 amide bonds. The molecule has 10 nitrogen and oxygen atoms in total. The Hall–Kier alpha value is 0.300. The molecule has 5 unspecified atom stereocenters. The molecule has 0 aromatic rings. The number of rotatable bonds is 7. The monoisotopic (exact) mass is 418 g/mol. The van der Waals surface area contributed by atoms with E-state index in [0.29, 0.717) is 5.75 Å². The summed E-state index contributed by atoms with van der Waals surface area (Å²) in [5.41, 5.74) is 0. The van der Waals surface area contributed by atoms with Gasteiger partial charge in [-0.1, -0.05) is 0 Å². The SMILES string of the molecule is OCC1O[C@@H](OCCS)C(O)C(O)[C@@H]1O[C@@H]1OC(CS)[C@@H](O)C(O)[C@@H]1O. The lowest BCUT2D eigenvalue weighted by atomic mass is 9.97. The number of hydrogen-bond acceptors (Lipinski definition) is 12. The Balaban J connectivity index is 2.09. The summed E-state index contributed by atoms with van der Waals surface area (Å²) in [5, 5.41) is 59.8. The van der Waals surface area contributed by atoms with Crippen molar-refractivity contribution in [2.45, 2.75) is 61.4 Å². The summed E-state index contributed by atoms with van der Waals surface area (Å²) in [6, 6.07) is 0. The van der Waals surface area contributed by atoms with Crippen molar-refractivity contribution >= 4 is 25.3 Å². The first-order valence-corrected chi connectivity index (χ1v) is 9.43. The van der Waals surface area contributed by atoms with Gasteiger partial charge in [-0.2, -0.15) is 25.3 Å². The van der Waals surface area contributed by atoms with Gasteiger partial charge in [0, 0.05) is 11.5 Å². The van der Waals surface area contributed by atoms with E-state index in [9.17, 15) is 30.6 Å². The fourth-order valence-corrected chi connectivity index (χ4v) is 3.27. The lowest BCUT2D eigenvalue weighted by molar-refractivity contribution is -0.355. The van der Waals surface area contributed by atoms with Gasteiger partial charge in [-0.25, -0.2) is 0 Å². The Morgan fingerprint density at radius 2 is 1.38 bits per heavy atom. The maximum absolute atomic E-state index is 10.3. The lowest BCUT2D eigenvalue weighted by Crippen LogP contribution is -2.64. The van der Waals surface area contributed by atoms with Crippen LogP contribution in [0, 0.1) is 0 Å². The van der Waals surface area contributed by atoms with Crippen molar-refractivity contribution in [1.29, 1.82) is 0 Å². The summed E-state index contributed by atoms with van der Waals surface area (Å²) >= 11 is 7.97. The van der Waals surface area contributed by atoms with E-state index in [2.05, 4.69) is 25.3 Å². The summed E-state index contributed by atoms with van der Waals surface area (Å²) in [7, 11) is 0. The van der Waals surface area contributed by atoms with E-state index in [0.717, 1.165) is 0 Å². The van der Waals surface area contributed by atoms with Crippen LogP contribution in [0.25, 0.3) is 0 Å². The zero-order valence-corrected chi connectivity index (χ0v) is 15.6. The van der Waals surface area contributed by atoms with E-state index in [1.807, 2.05) is 0 Å². The molecule has 0 aliphatic carbocycles. The van der Waals surface area contributed by atoms with Crippen LogP contribution in [0.1, 0.15) is 0 Å². The molecule has 0 saturated carbocycles. The van der Waals surface area contributed by atoms with E-state index in [1.165, 1.54) is 0 Å². The van der Waals surface area contributed by atoms with Gasteiger partial charge < -0.3 is 49.6 Å². The predicted molar refractivity (Wildman–Crippen MR) is 93.0 cm³/mol. The number of aliphatic hydroxyl groups is 6. The van der Waals surface area contributed by atoms with Crippen LogP contribution in [0.2, 0.25) is 0 Å². The molecule has 0 radical (unpaired) electrons. The molecule has 6 N–H and O–H groups in total. The molecule has 12 heteroatoms. The third-order valence-corrected chi connectivity index (χ3v) is 4.88. The Morgan fingerprint density at radius 1 is 0.769 bits per heavy atom. The zero-order valence-electron chi connectivity index (χ0n) is 13.8. The second kappa shape index (κ2) is 10.2. The van der Waals surface area contributed by atoms with Gasteiger partial charge in [0.1, 0.15) is 42.7 Å². The van der Waals surface area contributed by atoms with Crippen LogP contribution in [0.15, 0.2) is 0 Å². The van der Waals surface area contributed by atoms with Gasteiger partial charge >= 0.3 is 0 Å². The highest BCUT2D eigenvalue weighted by molar-refractivity contribution is 7.80. The molecule has 2 aliphatic rings. The van der Waals surface area contributed by atoms with Crippen LogP contribution in [0.5, 0.6) is 0 Å². The standard InChI is InChI=1S/C14H26O10S2/c15-3-5-12(9(18)11(20)13(22-5)21-1-2-25)24-14-10(19)8(17)7(16)6(4-26)23-14/h5-20,25-26H,1-4H2/t5?,6?,7-,8?,9?,10+,11?,12-,13-,14+/m1/s1. The maximum Gasteiger partial charge on any atom is 0.187 e. The van der Waals surface area contributed by atoms with Crippen LogP contribution in [0.3, 0.4) is 0 Å². The minimum Gasteiger partial charge on any atom is -0.394 e. The largest absolute Gasteiger partial charge is 0.394 e. The highest BCUT2D eigenvalue weighted by atomic mass is 32.1. The first-order valence-electron chi connectivity index (χ1n) is 8.16. The highest BCUT2D eigenvalue weighted by Crippen LogP contribution is 2.29. The van der Waals surface area contributed by atoms with Crippen molar-refractivity contribution in [3.8, 4) is 0 Å². The number of ether oxygens (including phenoxy) is 4. The molecular formula is C14H26O10S2. The molecule has 10 atom stereocenters. The summed E-state index contributed by atoms with van der Waals surface area (Å²) in [4.78, 5) is 0. The van der Waals surface area contributed by atoms with E-state index in [1.54, 1.807) is 0 Å². The molecule has 0 bridgehead atoms. The van der Waals surface area contributed by atoms with Crippen molar-refractivity contribution in [3.05, 3.63) is 0 Å². The zero-order chi connectivity index (χ0) is 19.4. The molecule has 26 heavy (non-hydrogen) atoms. The van der Waals surface area contributed by atoms with Crippen molar-refractivity contribution in [2.75, 3.05) is 24.7 Å². The lowest BCUT2D eigenvalue weighted by Gasteiger charge is -2.46. The Kier molecular flexibility index (Phi) is 8.85. The minimum absolute atomic E-state index is 0.0419. The normalized spacial score (nSPS) is 47.1. The second-order valence-corrected chi connectivity index (χ2v) is 6.91.